The molecule has 0 saturated heterocycles. The van der Waals surface area contributed by atoms with Crippen molar-refractivity contribution in [3.8, 4) is 0 Å². The number of carbonyl (C=O) groups is 2. The Hall–Kier alpha value is -1.84. The summed E-state index contributed by atoms with van der Waals surface area (Å²) in [6.07, 6.45) is 2.58. The molecule has 0 bridgehead atoms. The number of nitrogens with zero attached hydrogens (tertiary/aromatic N) is 1. The van der Waals surface area contributed by atoms with Crippen LogP contribution in [0, 0.1) is 17.8 Å². The SMILES string of the molecule is CC(C)C(c1ccccc1)N(C)C(=O)C1CCC(C(=O)O)CC1. The Balaban J connectivity index is 2.07. The van der Waals surface area contributed by atoms with Gasteiger partial charge in [-0.15, -0.1) is 0 Å². The van der Waals surface area contributed by atoms with Crippen LogP contribution in [0.25, 0.3) is 0 Å². The van der Waals surface area contributed by atoms with Gasteiger partial charge in [0, 0.05) is 13.0 Å². The summed E-state index contributed by atoms with van der Waals surface area (Å²) in [7, 11) is 1.88. The van der Waals surface area contributed by atoms with Gasteiger partial charge in [0.15, 0.2) is 0 Å². The minimum atomic E-state index is -0.728. The number of benzene rings is 1. The highest BCUT2D eigenvalue weighted by molar-refractivity contribution is 5.79. The summed E-state index contributed by atoms with van der Waals surface area (Å²) >= 11 is 0. The molecule has 126 valence electrons. The van der Waals surface area contributed by atoms with E-state index in [1.807, 2.05) is 30.1 Å². The fraction of sp³-hybridized carbons (Fsp3) is 0.579. The first-order valence-electron chi connectivity index (χ1n) is 8.46. The Morgan fingerprint density at radius 2 is 1.57 bits per heavy atom. The molecule has 4 heteroatoms. The van der Waals surface area contributed by atoms with Crippen molar-refractivity contribution in [2.24, 2.45) is 17.8 Å². The van der Waals surface area contributed by atoms with E-state index in [9.17, 15) is 9.59 Å². The third-order valence-electron chi connectivity index (χ3n) is 4.96. The fourth-order valence-corrected chi connectivity index (χ4v) is 3.72. The third-order valence-corrected chi connectivity index (χ3v) is 4.96. The van der Waals surface area contributed by atoms with E-state index in [2.05, 4.69) is 26.0 Å². The second kappa shape index (κ2) is 7.62. The molecule has 0 aromatic heterocycles. The molecule has 0 aliphatic heterocycles. The molecule has 1 saturated carbocycles. The molecule has 1 N–H and O–H groups in total. The smallest absolute Gasteiger partial charge is 0.306 e. The van der Waals surface area contributed by atoms with Crippen LogP contribution in [0.1, 0.15) is 51.1 Å². The number of hydrogen-bond acceptors (Lipinski definition) is 2. The van der Waals surface area contributed by atoms with Gasteiger partial charge in [-0.1, -0.05) is 44.2 Å². The average Bonchev–Trinajstić information content (AvgIpc) is 2.55. The predicted molar refractivity (Wildman–Crippen MR) is 89.9 cm³/mol. The fourth-order valence-electron chi connectivity index (χ4n) is 3.72. The van der Waals surface area contributed by atoms with E-state index < -0.39 is 5.97 Å². The zero-order valence-electron chi connectivity index (χ0n) is 14.2. The van der Waals surface area contributed by atoms with Crippen LogP contribution in [-0.4, -0.2) is 28.9 Å². The summed E-state index contributed by atoms with van der Waals surface area (Å²) in [5.41, 5.74) is 1.15. The van der Waals surface area contributed by atoms with Gasteiger partial charge in [0.1, 0.15) is 0 Å². The van der Waals surface area contributed by atoms with Crippen LogP contribution >= 0.6 is 0 Å². The molecule has 1 aliphatic carbocycles. The van der Waals surface area contributed by atoms with Crippen molar-refractivity contribution in [1.82, 2.24) is 4.90 Å². The Morgan fingerprint density at radius 3 is 2.04 bits per heavy atom. The Kier molecular flexibility index (Phi) is 5.80. The van der Waals surface area contributed by atoms with Crippen LogP contribution in [-0.2, 0) is 9.59 Å². The van der Waals surface area contributed by atoms with E-state index in [0.717, 1.165) is 5.56 Å². The van der Waals surface area contributed by atoms with Crippen LogP contribution in [0.5, 0.6) is 0 Å². The van der Waals surface area contributed by atoms with E-state index in [4.69, 9.17) is 5.11 Å². The molecule has 1 unspecified atom stereocenters. The lowest BCUT2D eigenvalue weighted by molar-refractivity contribution is -0.146. The number of carbonyl (C=O) groups excluding carboxylic acids is 1. The van der Waals surface area contributed by atoms with E-state index >= 15 is 0 Å². The van der Waals surface area contributed by atoms with Crippen molar-refractivity contribution in [2.45, 2.75) is 45.6 Å². The lowest BCUT2D eigenvalue weighted by Gasteiger charge is -2.36. The zero-order valence-corrected chi connectivity index (χ0v) is 14.2. The highest BCUT2D eigenvalue weighted by atomic mass is 16.4. The maximum atomic E-state index is 12.9. The zero-order chi connectivity index (χ0) is 17.0. The Labute approximate surface area is 138 Å². The van der Waals surface area contributed by atoms with Gasteiger partial charge < -0.3 is 10.0 Å². The standard InChI is InChI=1S/C19H27NO3/c1-13(2)17(14-7-5-4-6-8-14)20(3)18(21)15-9-11-16(12-10-15)19(22)23/h4-8,13,15-17H,9-12H2,1-3H3,(H,22,23). The summed E-state index contributed by atoms with van der Waals surface area (Å²) in [5.74, 6) is -0.577. The minimum absolute atomic E-state index is 0.0411. The number of carboxylic acid groups (broad SMARTS) is 1. The van der Waals surface area contributed by atoms with Gasteiger partial charge in [0.2, 0.25) is 5.91 Å². The molecule has 4 nitrogen and oxygen atoms in total. The van der Waals surface area contributed by atoms with E-state index in [0.29, 0.717) is 31.6 Å². The number of hydrogen-bond donors (Lipinski definition) is 1. The second-order valence-electron chi connectivity index (χ2n) is 6.94. The van der Waals surface area contributed by atoms with Gasteiger partial charge in [0.05, 0.1) is 12.0 Å². The van der Waals surface area contributed by atoms with Gasteiger partial charge in [-0.3, -0.25) is 9.59 Å². The number of rotatable bonds is 5. The van der Waals surface area contributed by atoms with E-state index in [1.54, 1.807) is 0 Å². The first-order chi connectivity index (χ1) is 10.9. The number of aliphatic carboxylic acids is 1. The number of carboxylic acids is 1. The van der Waals surface area contributed by atoms with Crippen molar-refractivity contribution >= 4 is 11.9 Å². The van der Waals surface area contributed by atoms with Crippen molar-refractivity contribution < 1.29 is 14.7 Å². The lowest BCUT2D eigenvalue weighted by atomic mass is 9.81. The van der Waals surface area contributed by atoms with E-state index in [1.165, 1.54) is 0 Å². The molecule has 1 amide bonds. The van der Waals surface area contributed by atoms with Gasteiger partial charge in [0.25, 0.3) is 0 Å². The molecule has 1 aliphatic rings. The summed E-state index contributed by atoms with van der Waals surface area (Å²) < 4.78 is 0. The summed E-state index contributed by atoms with van der Waals surface area (Å²) in [6, 6.07) is 10.2. The molecule has 1 aromatic carbocycles. The first kappa shape index (κ1) is 17.5. The van der Waals surface area contributed by atoms with Crippen LogP contribution in [0.2, 0.25) is 0 Å². The molecule has 0 radical (unpaired) electrons. The van der Waals surface area contributed by atoms with Gasteiger partial charge in [-0.05, 0) is 37.2 Å². The monoisotopic (exact) mass is 317 g/mol. The van der Waals surface area contributed by atoms with Crippen molar-refractivity contribution in [3.05, 3.63) is 35.9 Å². The maximum Gasteiger partial charge on any atom is 0.306 e. The molecular weight excluding hydrogens is 290 g/mol. The summed E-state index contributed by atoms with van der Waals surface area (Å²) in [4.78, 5) is 25.8. The van der Waals surface area contributed by atoms with Crippen molar-refractivity contribution in [2.75, 3.05) is 7.05 Å². The molecule has 0 heterocycles. The molecule has 1 atom stereocenters. The number of amides is 1. The molecule has 23 heavy (non-hydrogen) atoms. The van der Waals surface area contributed by atoms with Crippen LogP contribution in [0.3, 0.4) is 0 Å². The largest absolute Gasteiger partial charge is 0.481 e. The van der Waals surface area contributed by atoms with Gasteiger partial charge in [-0.25, -0.2) is 0 Å². The van der Waals surface area contributed by atoms with Gasteiger partial charge in [-0.2, -0.15) is 0 Å². The van der Waals surface area contributed by atoms with Crippen LogP contribution < -0.4 is 0 Å². The maximum absolute atomic E-state index is 12.9. The first-order valence-corrected chi connectivity index (χ1v) is 8.46. The lowest BCUT2D eigenvalue weighted by Crippen LogP contribution is -2.39. The molecule has 1 aromatic rings. The highest BCUT2D eigenvalue weighted by Gasteiger charge is 2.34. The average molecular weight is 317 g/mol. The Morgan fingerprint density at radius 1 is 1.04 bits per heavy atom. The van der Waals surface area contributed by atoms with Crippen molar-refractivity contribution in [1.29, 1.82) is 0 Å². The summed E-state index contributed by atoms with van der Waals surface area (Å²) in [5, 5.41) is 9.09. The quantitative estimate of drug-likeness (QED) is 0.900. The van der Waals surface area contributed by atoms with Gasteiger partial charge >= 0.3 is 5.97 Å². The third kappa shape index (κ3) is 4.12. The minimum Gasteiger partial charge on any atom is -0.481 e. The second-order valence-corrected chi connectivity index (χ2v) is 6.94. The highest BCUT2D eigenvalue weighted by Crippen LogP contribution is 2.34. The molecule has 0 spiro atoms. The van der Waals surface area contributed by atoms with Crippen LogP contribution in [0.15, 0.2) is 30.3 Å². The molecular formula is C19H27NO3. The predicted octanol–water partition coefficient (Wildman–Crippen LogP) is 3.73. The van der Waals surface area contributed by atoms with Crippen molar-refractivity contribution in [3.63, 3.8) is 0 Å². The topological polar surface area (TPSA) is 57.6 Å². The Bertz CT molecular complexity index is 533. The van der Waals surface area contributed by atoms with Crippen LogP contribution in [0.4, 0.5) is 0 Å². The normalized spacial score (nSPS) is 22.6. The summed E-state index contributed by atoms with van der Waals surface area (Å²) in [6.45, 7) is 4.26. The molecule has 2 rings (SSSR count). The van der Waals surface area contributed by atoms with E-state index in [-0.39, 0.29) is 23.8 Å². The molecule has 1 fully saturated rings.